The van der Waals surface area contributed by atoms with Gasteiger partial charge < -0.3 is 15.8 Å². The maximum atomic E-state index is 6.19. The summed E-state index contributed by atoms with van der Waals surface area (Å²) in [6.45, 7) is 2.77. The minimum Gasteiger partial charge on any atom is -0.384 e. The van der Waals surface area contributed by atoms with Crippen LogP contribution >= 0.6 is 39.1 Å². The number of nitrogens with two attached hydrogens (primary N) is 1. The number of hydrogen-bond acceptors (Lipinski definition) is 5. The molecule has 3 N–H and O–H groups in total. The first-order valence-electron chi connectivity index (χ1n) is 6.13. The van der Waals surface area contributed by atoms with Gasteiger partial charge in [-0.3, -0.25) is 0 Å². The van der Waals surface area contributed by atoms with Gasteiger partial charge in [0.25, 0.3) is 0 Å². The third kappa shape index (κ3) is 4.20. The number of halogens is 3. The normalized spacial score (nSPS) is 10.7. The van der Waals surface area contributed by atoms with Gasteiger partial charge in [-0.05, 0) is 35.0 Å². The lowest BCUT2D eigenvalue weighted by Gasteiger charge is -2.11. The van der Waals surface area contributed by atoms with Crippen LogP contribution in [0.3, 0.4) is 0 Å². The predicted molar refractivity (Wildman–Crippen MR) is 89.2 cm³/mol. The predicted octanol–water partition coefficient (Wildman–Crippen LogP) is 4.41. The zero-order valence-corrected chi connectivity index (χ0v) is 14.3. The molecule has 1 heterocycles. The van der Waals surface area contributed by atoms with E-state index in [1.165, 1.54) is 0 Å². The lowest BCUT2D eigenvalue weighted by atomic mass is 10.3. The minimum absolute atomic E-state index is 0.297. The molecule has 112 valence electrons. The highest BCUT2D eigenvalue weighted by Gasteiger charge is 2.10. The number of nitrogens with one attached hydrogen (secondary N) is 1. The first-order chi connectivity index (χ1) is 10.0. The Morgan fingerprint density at radius 3 is 2.76 bits per heavy atom. The van der Waals surface area contributed by atoms with Crippen LogP contribution in [0.15, 0.2) is 22.7 Å². The van der Waals surface area contributed by atoms with Crippen molar-refractivity contribution >= 4 is 56.5 Å². The van der Waals surface area contributed by atoms with Crippen LogP contribution in [-0.2, 0) is 11.3 Å². The summed E-state index contributed by atoms with van der Waals surface area (Å²) in [4.78, 5) is 8.42. The molecule has 0 unspecified atom stereocenters. The second-order valence-corrected chi connectivity index (χ2v) is 5.69. The summed E-state index contributed by atoms with van der Waals surface area (Å²) < 4.78 is 6.00. The number of nitrogen functional groups attached to an aromatic ring is 1. The zero-order valence-electron chi connectivity index (χ0n) is 11.2. The molecule has 1 aromatic carbocycles. The number of aromatic nitrogens is 2. The second kappa shape index (κ2) is 7.26. The Hall–Kier alpha value is -1.08. The van der Waals surface area contributed by atoms with Crippen LogP contribution in [0.5, 0.6) is 0 Å². The van der Waals surface area contributed by atoms with Crippen molar-refractivity contribution in [3.8, 4) is 0 Å². The number of nitrogens with zero attached hydrogens (tertiary/aromatic N) is 2. The standard InChI is InChI=1S/C13H13BrCl2N4O/c1-2-21-6-11-19-9(17)5-10(20-11)18-8-4-3-7(14)12(15)13(8)16/h3-5H,2,6H2,1H3,(H3,17,18,19,20). The van der Waals surface area contributed by atoms with Crippen molar-refractivity contribution in [2.45, 2.75) is 13.5 Å². The van der Waals surface area contributed by atoms with E-state index in [9.17, 15) is 0 Å². The minimum atomic E-state index is 0.297. The number of ether oxygens (including phenoxy) is 1. The van der Waals surface area contributed by atoms with E-state index < -0.39 is 0 Å². The van der Waals surface area contributed by atoms with Crippen LogP contribution < -0.4 is 11.1 Å². The van der Waals surface area contributed by atoms with Crippen molar-refractivity contribution in [2.24, 2.45) is 0 Å². The lowest BCUT2D eigenvalue weighted by Crippen LogP contribution is -2.05. The van der Waals surface area contributed by atoms with E-state index in [4.69, 9.17) is 33.7 Å². The third-order valence-corrected chi connectivity index (χ3v) is 4.30. The fraction of sp³-hybridized carbons (Fsp3) is 0.231. The SMILES string of the molecule is CCOCc1nc(N)cc(Nc2ccc(Br)c(Cl)c2Cl)n1. The van der Waals surface area contributed by atoms with Crippen LogP contribution in [0, 0.1) is 0 Å². The molecule has 0 aliphatic heterocycles. The highest BCUT2D eigenvalue weighted by atomic mass is 79.9. The van der Waals surface area contributed by atoms with Crippen molar-refractivity contribution < 1.29 is 4.74 Å². The molecule has 0 radical (unpaired) electrons. The average molecular weight is 392 g/mol. The van der Waals surface area contributed by atoms with E-state index in [2.05, 4.69) is 31.2 Å². The van der Waals surface area contributed by atoms with E-state index in [1.54, 1.807) is 18.2 Å². The monoisotopic (exact) mass is 390 g/mol. The summed E-state index contributed by atoms with van der Waals surface area (Å²) in [5.41, 5.74) is 6.39. The number of rotatable bonds is 5. The van der Waals surface area contributed by atoms with Gasteiger partial charge in [-0.2, -0.15) is 0 Å². The number of benzene rings is 1. The van der Waals surface area contributed by atoms with Crippen molar-refractivity contribution in [1.82, 2.24) is 9.97 Å². The summed E-state index contributed by atoms with van der Waals surface area (Å²) in [5.74, 6) is 1.37. The van der Waals surface area contributed by atoms with Gasteiger partial charge in [0.2, 0.25) is 0 Å². The topological polar surface area (TPSA) is 73.1 Å². The van der Waals surface area contributed by atoms with Crippen molar-refractivity contribution in [1.29, 1.82) is 0 Å². The first kappa shape index (κ1) is 16.3. The molecule has 1 aromatic heterocycles. The first-order valence-corrected chi connectivity index (χ1v) is 7.68. The molecule has 0 bridgehead atoms. The molecule has 0 fully saturated rings. The van der Waals surface area contributed by atoms with E-state index >= 15 is 0 Å². The van der Waals surface area contributed by atoms with Crippen molar-refractivity contribution in [2.75, 3.05) is 17.7 Å². The fourth-order valence-corrected chi connectivity index (χ4v) is 2.42. The van der Waals surface area contributed by atoms with Crippen molar-refractivity contribution in [3.63, 3.8) is 0 Å². The molecule has 5 nitrogen and oxygen atoms in total. The Morgan fingerprint density at radius 1 is 1.29 bits per heavy atom. The average Bonchev–Trinajstić information content (AvgIpc) is 2.45. The molecule has 0 spiro atoms. The molecule has 0 amide bonds. The Morgan fingerprint density at radius 2 is 2.05 bits per heavy atom. The van der Waals surface area contributed by atoms with Gasteiger partial charge in [-0.25, -0.2) is 9.97 Å². The largest absolute Gasteiger partial charge is 0.384 e. The maximum absolute atomic E-state index is 6.19. The molecular formula is C13H13BrCl2N4O. The number of hydrogen-bond donors (Lipinski definition) is 2. The Labute approximate surface area is 140 Å². The Kier molecular flexibility index (Phi) is 5.64. The van der Waals surface area contributed by atoms with Gasteiger partial charge in [0, 0.05) is 17.1 Å². The van der Waals surface area contributed by atoms with Gasteiger partial charge >= 0.3 is 0 Å². The highest BCUT2D eigenvalue weighted by Crippen LogP contribution is 2.36. The zero-order chi connectivity index (χ0) is 15.4. The quantitative estimate of drug-likeness (QED) is 0.738. The van der Waals surface area contributed by atoms with Gasteiger partial charge in [0.15, 0.2) is 5.82 Å². The molecule has 0 saturated heterocycles. The molecule has 0 atom stereocenters. The van der Waals surface area contributed by atoms with Gasteiger partial charge in [0.1, 0.15) is 18.2 Å². The second-order valence-electron chi connectivity index (χ2n) is 4.08. The molecule has 21 heavy (non-hydrogen) atoms. The molecule has 2 aromatic rings. The molecule has 8 heteroatoms. The summed E-state index contributed by atoms with van der Waals surface area (Å²) in [5, 5.41) is 3.90. The van der Waals surface area contributed by atoms with E-state index in [0.29, 0.717) is 46.4 Å². The van der Waals surface area contributed by atoms with Gasteiger partial charge in [-0.15, -0.1) is 0 Å². The van der Waals surface area contributed by atoms with Crippen LogP contribution in [0.2, 0.25) is 10.0 Å². The lowest BCUT2D eigenvalue weighted by molar-refractivity contribution is 0.128. The van der Waals surface area contributed by atoms with Crippen molar-refractivity contribution in [3.05, 3.63) is 38.5 Å². The van der Waals surface area contributed by atoms with Gasteiger partial charge in [-0.1, -0.05) is 23.2 Å². The highest BCUT2D eigenvalue weighted by molar-refractivity contribution is 9.10. The number of anilines is 3. The van der Waals surface area contributed by atoms with Crippen LogP contribution in [-0.4, -0.2) is 16.6 Å². The van der Waals surface area contributed by atoms with Crippen LogP contribution in [0.25, 0.3) is 0 Å². The van der Waals surface area contributed by atoms with Crippen LogP contribution in [0.4, 0.5) is 17.3 Å². The molecule has 2 rings (SSSR count). The Bertz CT molecular complexity index is 654. The molecule has 0 aliphatic rings. The van der Waals surface area contributed by atoms with E-state index in [-0.39, 0.29) is 0 Å². The third-order valence-electron chi connectivity index (χ3n) is 2.53. The fourth-order valence-electron chi connectivity index (χ4n) is 1.60. The summed E-state index contributed by atoms with van der Waals surface area (Å²) >= 11 is 15.6. The summed E-state index contributed by atoms with van der Waals surface area (Å²) in [6, 6.07) is 5.20. The van der Waals surface area contributed by atoms with Crippen LogP contribution in [0.1, 0.15) is 12.7 Å². The van der Waals surface area contributed by atoms with E-state index in [0.717, 1.165) is 4.47 Å². The summed E-state index contributed by atoms with van der Waals surface area (Å²) in [7, 11) is 0. The Balaban J connectivity index is 2.27. The molecule has 0 saturated carbocycles. The van der Waals surface area contributed by atoms with Gasteiger partial charge in [0.05, 0.1) is 15.7 Å². The summed E-state index contributed by atoms with van der Waals surface area (Å²) in [6.07, 6.45) is 0. The maximum Gasteiger partial charge on any atom is 0.158 e. The van der Waals surface area contributed by atoms with E-state index in [1.807, 2.05) is 6.92 Å². The molecule has 0 aliphatic carbocycles. The smallest absolute Gasteiger partial charge is 0.158 e. The molecular weight excluding hydrogens is 379 g/mol.